The van der Waals surface area contributed by atoms with E-state index in [0.717, 1.165) is 0 Å². The minimum atomic E-state index is 1.18. The lowest BCUT2D eigenvalue weighted by Gasteiger charge is -2.19. The first-order valence-corrected chi connectivity index (χ1v) is 19.1. The van der Waals surface area contributed by atoms with Crippen LogP contribution in [0, 0.1) is 0 Å². The predicted octanol–water partition coefficient (Wildman–Crippen LogP) is 14.2. The van der Waals surface area contributed by atoms with Crippen LogP contribution in [-0.2, 0) is 0 Å². The Morgan fingerprint density at radius 2 is 0.750 bits per heavy atom. The Hall–Kier alpha value is -6.20. The first kappa shape index (κ1) is 29.5. The molecule has 0 atom stereocenters. The van der Waals surface area contributed by atoms with Gasteiger partial charge in [0.25, 0.3) is 0 Å². The molecule has 0 saturated carbocycles. The fourth-order valence-electron chi connectivity index (χ4n) is 8.22. The second kappa shape index (κ2) is 11.7. The van der Waals surface area contributed by atoms with Crippen LogP contribution in [0.2, 0.25) is 0 Å². The summed E-state index contributed by atoms with van der Waals surface area (Å²) in [4.78, 5) is 11.4. The number of aromatic nitrogens is 2. The lowest BCUT2D eigenvalue weighted by molar-refractivity contribution is 1.33. The molecule has 0 saturated heterocycles. The lowest BCUT2D eigenvalue weighted by atomic mass is 9.85. The summed E-state index contributed by atoms with van der Waals surface area (Å²) in [7, 11) is 0. The van der Waals surface area contributed by atoms with Gasteiger partial charge < -0.3 is 0 Å². The molecule has 11 aromatic rings. The van der Waals surface area contributed by atoms with E-state index >= 15 is 0 Å². The number of fused-ring (bicyclic) bond motifs is 7. The first-order valence-electron chi connectivity index (χ1n) is 17.5. The summed E-state index contributed by atoms with van der Waals surface area (Å²) in [6.07, 6.45) is 7.64. The monoisotopic (exact) mass is 696 g/mol. The molecule has 0 N–H and O–H groups in total. The zero-order valence-corrected chi connectivity index (χ0v) is 29.5. The molecule has 0 amide bonds. The van der Waals surface area contributed by atoms with Crippen molar-refractivity contribution in [3.8, 4) is 43.1 Å². The molecule has 0 spiro atoms. The van der Waals surface area contributed by atoms with E-state index in [1.54, 1.807) is 0 Å². The molecule has 4 heteroatoms. The average Bonchev–Trinajstić information content (AvgIpc) is 3.79. The van der Waals surface area contributed by atoms with Crippen LogP contribution >= 0.6 is 22.7 Å². The Balaban J connectivity index is 1.37. The number of nitrogens with zero attached hydrogens (tertiary/aromatic N) is 2. The largest absolute Gasteiger partial charge is 0.265 e. The molecule has 4 aromatic heterocycles. The van der Waals surface area contributed by atoms with E-state index in [9.17, 15) is 0 Å². The minimum absolute atomic E-state index is 1.18. The highest BCUT2D eigenvalue weighted by Gasteiger charge is 2.26. The van der Waals surface area contributed by atoms with Gasteiger partial charge >= 0.3 is 0 Å². The van der Waals surface area contributed by atoms with E-state index in [1.807, 2.05) is 47.5 Å². The van der Waals surface area contributed by atoms with Gasteiger partial charge in [-0.25, -0.2) is 0 Å². The summed E-state index contributed by atoms with van der Waals surface area (Å²) in [6, 6.07) is 53.6. The molecule has 0 aliphatic carbocycles. The van der Waals surface area contributed by atoms with E-state index in [1.165, 1.54) is 106 Å². The van der Waals surface area contributed by atoms with Gasteiger partial charge in [0.15, 0.2) is 0 Å². The molecule has 4 heterocycles. The summed E-state index contributed by atoms with van der Waals surface area (Å²) in [5.74, 6) is 0. The van der Waals surface area contributed by atoms with Crippen LogP contribution < -0.4 is 0 Å². The topological polar surface area (TPSA) is 25.8 Å². The molecular weight excluding hydrogens is 669 g/mol. The van der Waals surface area contributed by atoms with Gasteiger partial charge in [0.05, 0.1) is 0 Å². The van der Waals surface area contributed by atoms with Crippen molar-refractivity contribution < 1.29 is 0 Å². The maximum atomic E-state index is 4.40. The second-order valence-corrected chi connectivity index (χ2v) is 15.4. The SMILES string of the molecule is c1ccc2c(c1)ccc1cc3c(-c4sc5ccccc5c4-c4ccncc4)c4ccccc4c(-c4sc5ccccc5c4-c4ccncc4)c3cc12. The predicted molar refractivity (Wildman–Crippen MR) is 225 cm³/mol. The smallest absolute Gasteiger partial charge is 0.0446 e. The van der Waals surface area contributed by atoms with Crippen LogP contribution in [0.15, 0.2) is 170 Å². The molecule has 0 aliphatic rings. The van der Waals surface area contributed by atoms with Gasteiger partial charge in [0, 0.05) is 77.0 Å². The van der Waals surface area contributed by atoms with Crippen LogP contribution in [0.3, 0.4) is 0 Å². The van der Waals surface area contributed by atoms with Crippen molar-refractivity contribution in [2.24, 2.45) is 0 Å². The molecule has 2 nitrogen and oxygen atoms in total. The number of thiophene rings is 2. The summed E-state index contributed by atoms with van der Waals surface area (Å²) in [5, 5.41) is 12.6. The maximum absolute atomic E-state index is 4.40. The molecule has 0 bridgehead atoms. The van der Waals surface area contributed by atoms with Crippen LogP contribution in [-0.4, -0.2) is 9.97 Å². The molecule has 0 unspecified atom stereocenters. The Morgan fingerprint density at radius 3 is 1.31 bits per heavy atom. The normalized spacial score (nSPS) is 11.8. The van der Waals surface area contributed by atoms with Gasteiger partial charge in [-0.15, -0.1) is 22.7 Å². The van der Waals surface area contributed by atoms with Crippen molar-refractivity contribution in [3.05, 3.63) is 170 Å². The Morgan fingerprint density at radius 1 is 0.308 bits per heavy atom. The van der Waals surface area contributed by atoms with Crippen molar-refractivity contribution in [1.82, 2.24) is 9.97 Å². The number of pyridine rings is 2. The summed E-state index contributed by atoms with van der Waals surface area (Å²) >= 11 is 3.78. The fourth-order valence-corrected chi connectivity index (χ4v) is 10.8. The fraction of sp³-hybridized carbons (Fsp3) is 0. The van der Waals surface area contributed by atoms with Crippen LogP contribution in [0.5, 0.6) is 0 Å². The first-order chi connectivity index (χ1) is 25.8. The number of hydrogen-bond donors (Lipinski definition) is 0. The molecule has 52 heavy (non-hydrogen) atoms. The third-order valence-electron chi connectivity index (χ3n) is 10.5. The average molecular weight is 697 g/mol. The van der Waals surface area contributed by atoms with E-state index in [0.29, 0.717) is 0 Å². The minimum Gasteiger partial charge on any atom is -0.265 e. The van der Waals surface area contributed by atoms with Gasteiger partial charge in [0.1, 0.15) is 0 Å². The quantitative estimate of drug-likeness (QED) is 0.135. The summed E-state index contributed by atoms with van der Waals surface area (Å²) in [6.45, 7) is 0. The zero-order chi connectivity index (χ0) is 34.2. The highest BCUT2D eigenvalue weighted by molar-refractivity contribution is 7.23. The summed E-state index contributed by atoms with van der Waals surface area (Å²) in [5.41, 5.74) is 7.45. The van der Waals surface area contributed by atoms with E-state index in [4.69, 9.17) is 0 Å². The Bertz CT molecular complexity index is 3180. The number of hydrogen-bond acceptors (Lipinski definition) is 4. The Kier molecular flexibility index (Phi) is 6.63. The van der Waals surface area contributed by atoms with Gasteiger partial charge in [-0.05, 0) is 103 Å². The third kappa shape index (κ3) is 4.42. The van der Waals surface area contributed by atoms with Crippen LogP contribution in [0.1, 0.15) is 0 Å². The molecule has 7 aromatic carbocycles. The third-order valence-corrected chi connectivity index (χ3v) is 12.8. The molecule has 11 rings (SSSR count). The van der Waals surface area contributed by atoms with Gasteiger partial charge in [-0.3, -0.25) is 9.97 Å². The van der Waals surface area contributed by atoms with Crippen molar-refractivity contribution in [1.29, 1.82) is 0 Å². The van der Waals surface area contributed by atoms with E-state index in [2.05, 4.69) is 156 Å². The molecule has 0 aliphatic heterocycles. The van der Waals surface area contributed by atoms with Gasteiger partial charge in [0.2, 0.25) is 0 Å². The zero-order valence-electron chi connectivity index (χ0n) is 27.9. The highest BCUT2D eigenvalue weighted by Crippen LogP contribution is 2.55. The molecule has 242 valence electrons. The molecule has 0 fully saturated rings. The van der Waals surface area contributed by atoms with Crippen molar-refractivity contribution in [2.45, 2.75) is 0 Å². The van der Waals surface area contributed by atoms with Crippen molar-refractivity contribution >= 4 is 85.9 Å². The summed E-state index contributed by atoms with van der Waals surface area (Å²) < 4.78 is 2.56. The van der Waals surface area contributed by atoms with Crippen LogP contribution in [0.25, 0.3) is 106 Å². The standard InChI is InChI=1S/C48H28N2S2/c1-2-10-33-29(9-1)17-18-32-27-39-40(28-38(32)33)46(48-44(31-21-25-50-26-22-31)37-14-6-8-16-42(37)52-48)35-12-4-3-11-34(35)45(39)47-43(30-19-23-49-24-20-30)36-13-5-7-15-41(36)51-47/h1-28H. The number of rotatable bonds is 4. The van der Waals surface area contributed by atoms with E-state index in [-0.39, 0.29) is 0 Å². The van der Waals surface area contributed by atoms with E-state index < -0.39 is 0 Å². The molecule has 0 radical (unpaired) electrons. The maximum Gasteiger partial charge on any atom is 0.0446 e. The van der Waals surface area contributed by atoms with Crippen molar-refractivity contribution in [2.75, 3.05) is 0 Å². The number of benzene rings is 7. The Labute approximate surface area is 307 Å². The molecular formula is C48H28N2S2. The lowest BCUT2D eigenvalue weighted by Crippen LogP contribution is -1.92. The second-order valence-electron chi connectivity index (χ2n) is 13.3. The highest BCUT2D eigenvalue weighted by atomic mass is 32.1. The van der Waals surface area contributed by atoms with Crippen LogP contribution in [0.4, 0.5) is 0 Å². The van der Waals surface area contributed by atoms with Crippen molar-refractivity contribution in [3.63, 3.8) is 0 Å². The van der Waals surface area contributed by atoms with Gasteiger partial charge in [-0.1, -0.05) is 97.1 Å². The van der Waals surface area contributed by atoms with Gasteiger partial charge in [-0.2, -0.15) is 0 Å².